The fraction of sp³-hybridized carbons (Fsp3) is 0.600. The quantitative estimate of drug-likeness (QED) is 0.788. The minimum absolute atomic E-state index is 0.171. The second-order valence-corrected chi connectivity index (χ2v) is 5.08. The lowest BCUT2D eigenvalue weighted by atomic mass is 9.95. The van der Waals surface area contributed by atoms with Gasteiger partial charge in [-0.3, -0.25) is 0 Å². The van der Waals surface area contributed by atoms with Crippen molar-refractivity contribution in [2.45, 2.75) is 25.4 Å². The van der Waals surface area contributed by atoms with Crippen molar-refractivity contribution in [2.24, 2.45) is 0 Å². The van der Waals surface area contributed by atoms with Gasteiger partial charge in [0.05, 0.1) is 11.8 Å². The summed E-state index contributed by atoms with van der Waals surface area (Å²) in [6.45, 7) is 3.15. The fourth-order valence-corrected chi connectivity index (χ4v) is 2.30. The zero-order valence-electron chi connectivity index (χ0n) is 8.95. The van der Waals surface area contributed by atoms with Crippen molar-refractivity contribution in [2.75, 3.05) is 18.0 Å². The molecule has 1 aliphatic rings. The minimum Gasteiger partial charge on any atom is -0.388 e. The highest BCUT2D eigenvalue weighted by atomic mass is 35.5. The van der Waals surface area contributed by atoms with Gasteiger partial charge in [0.1, 0.15) is 5.02 Å². The molecular weight excluding hydrogens is 249 g/mol. The second-order valence-electron chi connectivity index (χ2n) is 4.33. The molecule has 0 amide bonds. The van der Waals surface area contributed by atoms with E-state index in [1.54, 1.807) is 0 Å². The van der Waals surface area contributed by atoms with Gasteiger partial charge in [0, 0.05) is 13.1 Å². The normalized spacial score (nSPS) is 25.9. The Kier molecular flexibility index (Phi) is 3.24. The van der Waals surface area contributed by atoms with Crippen molar-refractivity contribution in [3.8, 4) is 0 Å². The lowest BCUT2D eigenvalue weighted by molar-refractivity contribution is 0.0447. The van der Waals surface area contributed by atoms with E-state index in [1.807, 2.05) is 11.8 Å². The van der Waals surface area contributed by atoms with Gasteiger partial charge in [-0.2, -0.15) is 4.98 Å². The van der Waals surface area contributed by atoms with Crippen molar-refractivity contribution in [3.05, 3.63) is 16.5 Å². The number of aromatic nitrogens is 2. The molecule has 6 heteroatoms. The summed E-state index contributed by atoms with van der Waals surface area (Å²) in [6, 6.07) is 0. The molecule has 1 unspecified atom stereocenters. The molecule has 1 saturated heterocycles. The predicted octanol–water partition coefficient (Wildman–Crippen LogP) is 2.13. The van der Waals surface area contributed by atoms with Crippen LogP contribution in [0.4, 0.5) is 5.82 Å². The molecule has 1 aromatic heterocycles. The largest absolute Gasteiger partial charge is 0.388 e. The summed E-state index contributed by atoms with van der Waals surface area (Å²) >= 11 is 11.8. The first-order valence-electron chi connectivity index (χ1n) is 5.13. The Labute approximate surface area is 104 Å². The third kappa shape index (κ3) is 2.56. The van der Waals surface area contributed by atoms with Crippen LogP contribution >= 0.6 is 23.2 Å². The van der Waals surface area contributed by atoms with E-state index in [1.165, 1.54) is 6.20 Å². The molecule has 1 aliphatic heterocycles. The molecule has 0 aliphatic carbocycles. The molecule has 0 saturated carbocycles. The van der Waals surface area contributed by atoms with Gasteiger partial charge in [-0.1, -0.05) is 11.6 Å². The summed E-state index contributed by atoms with van der Waals surface area (Å²) in [5, 5.41) is 10.6. The van der Waals surface area contributed by atoms with E-state index in [0.717, 1.165) is 19.4 Å². The molecule has 0 radical (unpaired) electrons. The maximum absolute atomic E-state index is 10.0. The molecule has 2 heterocycles. The molecular formula is C10H13Cl2N3O. The maximum atomic E-state index is 10.0. The first kappa shape index (κ1) is 11.9. The summed E-state index contributed by atoms with van der Waals surface area (Å²) in [5.74, 6) is 0.599. The van der Waals surface area contributed by atoms with Crippen LogP contribution in [0, 0.1) is 0 Å². The average Bonchev–Trinajstić information content (AvgIpc) is 2.20. The monoisotopic (exact) mass is 261 g/mol. The lowest BCUT2D eigenvalue weighted by Gasteiger charge is -2.37. The number of anilines is 1. The van der Waals surface area contributed by atoms with E-state index in [2.05, 4.69) is 9.97 Å². The second kappa shape index (κ2) is 4.35. The number of nitrogens with zero attached hydrogens (tertiary/aromatic N) is 3. The first-order valence-corrected chi connectivity index (χ1v) is 5.89. The number of piperidine rings is 1. The first-order chi connectivity index (χ1) is 7.48. The third-order valence-corrected chi connectivity index (χ3v) is 3.12. The van der Waals surface area contributed by atoms with E-state index in [9.17, 15) is 5.11 Å². The Morgan fingerprint density at radius 3 is 2.94 bits per heavy atom. The third-order valence-electron chi connectivity index (χ3n) is 2.67. The van der Waals surface area contributed by atoms with Crippen LogP contribution in [0.2, 0.25) is 10.3 Å². The zero-order valence-corrected chi connectivity index (χ0v) is 10.5. The van der Waals surface area contributed by atoms with Crippen molar-refractivity contribution in [3.63, 3.8) is 0 Å². The van der Waals surface area contributed by atoms with Gasteiger partial charge in [0.2, 0.25) is 5.28 Å². The van der Waals surface area contributed by atoms with E-state index < -0.39 is 5.60 Å². The van der Waals surface area contributed by atoms with Crippen LogP contribution in [0.15, 0.2) is 6.20 Å². The molecule has 1 atom stereocenters. The Bertz CT molecular complexity index is 398. The lowest BCUT2D eigenvalue weighted by Crippen LogP contribution is -2.46. The molecule has 16 heavy (non-hydrogen) atoms. The van der Waals surface area contributed by atoms with Crippen molar-refractivity contribution in [1.29, 1.82) is 0 Å². The number of β-amino-alcohol motifs (C(OH)–C–C–N with tert-alkyl or cyclic N) is 1. The summed E-state index contributed by atoms with van der Waals surface area (Å²) in [7, 11) is 0. The molecule has 2 rings (SSSR count). The van der Waals surface area contributed by atoms with Crippen molar-refractivity contribution in [1.82, 2.24) is 9.97 Å². The Hall–Kier alpha value is -0.580. The predicted molar refractivity (Wildman–Crippen MR) is 64.1 cm³/mol. The topological polar surface area (TPSA) is 49.2 Å². The number of hydrogen-bond donors (Lipinski definition) is 1. The van der Waals surface area contributed by atoms with Crippen LogP contribution < -0.4 is 4.90 Å². The highest BCUT2D eigenvalue weighted by Gasteiger charge is 2.30. The highest BCUT2D eigenvalue weighted by Crippen LogP contribution is 2.29. The number of aliphatic hydroxyl groups is 1. The zero-order chi connectivity index (χ0) is 11.8. The highest BCUT2D eigenvalue weighted by molar-refractivity contribution is 6.33. The van der Waals surface area contributed by atoms with Gasteiger partial charge >= 0.3 is 0 Å². The van der Waals surface area contributed by atoms with Crippen molar-refractivity contribution >= 4 is 29.0 Å². The molecule has 0 aromatic carbocycles. The summed E-state index contributed by atoms with van der Waals surface area (Å²) in [5.41, 5.74) is -0.695. The molecule has 1 fully saturated rings. The standard InChI is InChI=1S/C10H13Cl2N3O/c1-10(16)3-2-4-15(6-10)8-7(11)5-13-9(12)14-8/h5,16H,2-4,6H2,1H3. The average molecular weight is 262 g/mol. The van der Waals surface area contributed by atoms with Crippen LogP contribution in [-0.4, -0.2) is 33.8 Å². The molecule has 0 bridgehead atoms. The summed E-state index contributed by atoms with van der Waals surface area (Å²) in [6.07, 6.45) is 3.18. The Morgan fingerprint density at radius 2 is 2.25 bits per heavy atom. The molecule has 1 aromatic rings. The SMILES string of the molecule is CC1(O)CCCN(c2nc(Cl)ncc2Cl)C1. The Morgan fingerprint density at radius 1 is 1.50 bits per heavy atom. The Balaban J connectivity index is 2.26. The molecule has 4 nitrogen and oxygen atoms in total. The van der Waals surface area contributed by atoms with Gasteiger partial charge in [-0.15, -0.1) is 0 Å². The fourth-order valence-electron chi connectivity index (χ4n) is 1.96. The van der Waals surface area contributed by atoms with Crippen LogP contribution in [0.1, 0.15) is 19.8 Å². The minimum atomic E-state index is -0.695. The van der Waals surface area contributed by atoms with Crippen LogP contribution in [0.25, 0.3) is 0 Å². The smallest absolute Gasteiger partial charge is 0.224 e. The molecule has 0 spiro atoms. The van der Waals surface area contributed by atoms with Crippen LogP contribution in [-0.2, 0) is 0 Å². The van der Waals surface area contributed by atoms with Gasteiger partial charge < -0.3 is 10.0 Å². The maximum Gasteiger partial charge on any atom is 0.224 e. The van der Waals surface area contributed by atoms with E-state index in [-0.39, 0.29) is 5.28 Å². The van der Waals surface area contributed by atoms with E-state index >= 15 is 0 Å². The van der Waals surface area contributed by atoms with Gasteiger partial charge in [-0.25, -0.2) is 4.98 Å². The van der Waals surface area contributed by atoms with E-state index in [0.29, 0.717) is 17.4 Å². The summed E-state index contributed by atoms with van der Waals surface area (Å²) < 4.78 is 0. The van der Waals surface area contributed by atoms with E-state index in [4.69, 9.17) is 23.2 Å². The van der Waals surface area contributed by atoms with Crippen LogP contribution in [0.3, 0.4) is 0 Å². The van der Waals surface area contributed by atoms with Crippen LogP contribution in [0.5, 0.6) is 0 Å². The van der Waals surface area contributed by atoms with Gasteiger partial charge in [0.25, 0.3) is 0 Å². The number of hydrogen-bond acceptors (Lipinski definition) is 4. The number of halogens is 2. The van der Waals surface area contributed by atoms with Crippen molar-refractivity contribution < 1.29 is 5.11 Å². The van der Waals surface area contributed by atoms with Gasteiger partial charge in [0.15, 0.2) is 5.82 Å². The summed E-state index contributed by atoms with van der Waals surface area (Å²) in [4.78, 5) is 9.85. The molecule has 1 N–H and O–H groups in total. The van der Waals surface area contributed by atoms with Gasteiger partial charge in [-0.05, 0) is 31.4 Å². The molecule has 88 valence electrons. The number of rotatable bonds is 1.